The Labute approximate surface area is 174 Å². The number of fused-ring (bicyclic) bond motifs is 1. The van der Waals surface area contributed by atoms with Gasteiger partial charge in [0.05, 0.1) is 6.42 Å². The highest BCUT2D eigenvalue weighted by Crippen LogP contribution is 2.19. The molecule has 0 spiro atoms. The summed E-state index contributed by atoms with van der Waals surface area (Å²) in [6.45, 7) is 0. The minimum atomic E-state index is -0.313. The number of hydrogen-bond donors (Lipinski definition) is 3. The van der Waals surface area contributed by atoms with E-state index in [1.165, 1.54) is 6.08 Å². The van der Waals surface area contributed by atoms with Gasteiger partial charge in [0.25, 0.3) is 0 Å². The number of likely N-dealkylation sites (N-methyl/N-ethyl adjacent to an activating group) is 1. The van der Waals surface area contributed by atoms with Crippen LogP contribution in [0.4, 0.5) is 5.69 Å². The molecule has 3 rings (SSSR count). The summed E-state index contributed by atoms with van der Waals surface area (Å²) in [6.07, 6.45) is 3.55. The zero-order valence-corrected chi connectivity index (χ0v) is 16.8. The second kappa shape index (κ2) is 9.61. The highest BCUT2D eigenvalue weighted by Gasteiger charge is 2.04. The van der Waals surface area contributed by atoms with Crippen LogP contribution in [0.15, 0.2) is 72.8 Å². The number of benzene rings is 3. The van der Waals surface area contributed by atoms with Gasteiger partial charge >= 0.3 is 0 Å². The van der Waals surface area contributed by atoms with Crippen LogP contribution in [0.3, 0.4) is 0 Å². The summed E-state index contributed by atoms with van der Waals surface area (Å²) in [4.78, 5) is 23.6. The number of carbonyl (C=O) groups is 2. The third-order valence-electron chi connectivity index (χ3n) is 4.33. The van der Waals surface area contributed by atoms with Crippen molar-refractivity contribution >= 4 is 51.7 Å². The molecular weight excluding hydrogens is 382 g/mol. The van der Waals surface area contributed by atoms with E-state index in [2.05, 4.69) is 16.0 Å². The maximum absolute atomic E-state index is 12.2. The van der Waals surface area contributed by atoms with Gasteiger partial charge in [0.15, 0.2) is 5.11 Å². The standard InChI is InChI=1S/C23H21N3O2S/c1-24-22(28)15-16-9-12-19(13-10-16)25-23(29)26-21(27)14-11-18-7-4-6-17-5-2-3-8-20(17)18/h2-14H,15H2,1H3,(H,24,28)(H2,25,26,27,29)/b14-11+. The molecule has 0 heterocycles. The molecule has 0 aliphatic heterocycles. The summed E-state index contributed by atoms with van der Waals surface area (Å²) in [6, 6.07) is 21.2. The van der Waals surface area contributed by atoms with Crippen molar-refractivity contribution in [2.24, 2.45) is 0 Å². The monoisotopic (exact) mass is 403 g/mol. The molecule has 0 bridgehead atoms. The third-order valence-corrected chi connectivity index (χ3v) is 4.53. The average Bonchev–Trinajstić information content (AvgIpc) is 2.73. The van der Waals surface area contributed by atoms with Crippen molar-refractivity contribution in [1.82, 2.24) is 10.6 Å². The van der Waals surface area contributed by atoms with Gasteiger partial charge in [-0.3, -0.25) is 14.9 Å². The minimum Gasteiger partial charge on any atom is -0.359 e. The Bertz CT molecular complexity index is 1070. The maximum atomic E-state index is 12.2. The van der Waals surface area contributed by atoms with Crippen molar-refractivity contribution in [1.29, 1.82) is 0 Å². The second-order valence-electron chi connectivity index (χ2n) is 6.39. The van der Waals surface area contributed by atoms with E-state index in [1.807, 2.05) is 66.7 Å². The largest absolute Gasteiger partial charge is 0.359 e. The summed E-state index contributed by atoms with van der Waals surface area (Å²) < 4.78 is 0. The summed E-state index contributed by atoms with van der Waals surface area (Å²) in [7, 11) is 1.61. The van der Waals surface area contributed by atoms with Gasteiger partial charge < -0.3 is 10.6 Å². The highest BCUT2D eigenvalue weighted by molar-refractivity contribution is 7.80. The van der Waals surface area contributed by atoms with Crippen LogP contribution in [0.2, 0.25) is 0 Å². The molecule has 2 amide bonds. The van der Waals surface area contributed by atoms with Gasteiger partial charge in [-0.15, -0.1) is 0 Å². The van der Waals surface area contributed by atoms with E-state index in [-0.39, 0.29) is 16.9 Å². The average molecular weight is 404 g/mol. The lowest BCUT2D eigenvalue weighted by Crippen LogP contribution is -2.32. The Morgan fingerprint density at radius 3 is 2.45 bits per heavy atom. The Kier molecular flexibility index (Phi) is 6.71. The number of rotatable bonds is 5. The number of hydrogen-bond acceptors (Lipinski definition) is 3. The van der Waals surface area contributed by atoms with Crippen LogP contribution < -0.4 is 16.0 Å². The van der Waals surface area contributed by atoms with Crippen LogP contribution >= 0.6 is 12.2 Å². The van der Waals surface area contributed by atoms with Crippen LogP contribution in [-0.4, -0.2) is 24.0 Å². The van der Waals surface area contributed by atoms with Crippen molar-refractivity contribution in [2.75, 3.05) is 12.4 Å². The quantitative estimate of drug-likeness (QED) is 0.449. The number of thiocarbonyl (C=S) groups is 1. The van der Waals surface area contributed by atoms with Crippen molar-refractivity contribution < 1.29 is 9.59 Å². The van der Waals surface area contributed by atoms with Gasteiger partial charge in [0.1, 0.15) is 0 Å². The number of nitrogens with one attached hydrogen (secondary N) is 3. The molecule has 3 aromatic rings. The molecule has 0 unspecified atom stereocenters. The van der Waals surface area contributed by atoms with Gasteiger partial charge in [0.2, 0.25) is 11.8 Å². The minimum absolute atomic E-state index is 0.0496. The van der Waals surface area contributed by atoms with E-state index in [0.717, 1.165) is 27.6 Å². The smallest absolute Gasteiger partial charge is 0.250 e. The van der Waals surface area contributed by atoms with E-state index < -0.39 is 0 Å². The first kappa shape index (κ1) is 20.2. The molecule has 3 aromatic carbocycles. The van der Waals surface area contributed by atoms with Crippen LogP contribution in [0.5, 0.6) is 0 Å². The molecule has 6 heteroatoms. The summed E-state index contributed by atoms with van der Waals surface area (Å²) >= 11 is 5.20. The Balaban J connectivity index is 1.57. The molecule has 0 atom stereocenters. The topological polar surface area (TPSA) is 70.2 Å². The zero-order chi connectivity index (χ0) is 20.6. The predicted molar refractivity (Wildman–Crippen MR) is 122 cm³/mol. The third kappa shape index (κ3) is 5.73. The molecule has 0 aromatic heterocycles. The molecule has 3 N–H and O–H groups in total. The van der Waals surface area contributed by atoms with E-state index in [4.69, 9.17) is 12.2 Å². The Hall–Kier alpha value is -3.51. The van der Waals surface area contributed by atoms with Gasteiger partial charge in [0, 0.05) is 18.8 Å². The fourth-order valence-electron chi connectivity index (χ4n) is 2.86. The van der Waals surface area contributed by atoms with Crippen LogP contribution in [-0.2, 0) is 16.0 Å². The number of carbonyl (C=O) groups excluding carboxylic acids is 2. The van der Waals surface area contributed by atoms with Crippen LogP contribution in [0.1, 0.15) is 11.1 Å². The van der Waals surface area contributed by atoms with Gasteiger partial charge in [-0.2, -0.15) is 0 Å². The molecule has 0 saturated carbocycles. The Morgan fingerprint density at radius 1 is 0.966 bits per heavy atom. The first-order valence-corrected chi connectivity index (χ1v) is 9.53. The van der Waals surface area contributed by atoms with E-state index in [1.54, 1.807) is 13.1 Å². The molecule has 0 radical (unpaired) electrons. The number of amides is 2. The lowest BCUT2D eigenvalue weighted by Gasteiger charge is -2.09. The molecular formula is C23H21N3O2S. The fourth-order valence-corrected chi connectivity index (χ4v) is 3.08. The van der Waals surface area contributed by atoms with Gasteiger partial charge in [-0.05, 0) is 52.3 Å². The summed E-state index contributed by atoms with van der Waals surface area (Å²) in [5.41, 5.74) is 2.58. The highest BCUT2D eigenvalue weighted by atomic mass is 32.1. The molecule has 29 heavy (non-hydrogen) atoms. The van der Waals surface area contributed by atoms with E-state index in [9.17, 15) is 9.59 Å². The van der Waals surface area contributed by atoms with Crippen LogP contribution in [0.25, 0.3) is 16.8 Å². The van der Waals surface area contributed by atoms with Gasteiger partial charge in [-0.25, -0.2) is 0 Å². The van der Waals surface area contributed by atoms with Crippen molar-refractivity contribution in [3.8, 4) is 0 Å². The SMILES string of the molecule is CNC(=O)Cc1ccc(NC(=S)NC(=O)/C=C/c2cccc3ccccc23)cc1. The van der Waals surface area contributed by atoms with E-state index >= 15 is 0 Å². The molecule has 0 saturated heterocycles. The van der Waals surface area contributed by atoms with Crippen molar-refractivity contribution in [3.05, 3.63) is 83.9 Å². The molecule has 146 valence electrons. The summed E-state index contributed by atoms with van der Waals surface area (Å²) in [5.74, 6) is -0.363. The molecule has 0 aliphatic carbocycles. The first-order chi connectivity index (χ1) is 14.0. The lowest BCUT2D eigenvalue weighted by atomic mass is 10.0. The second-order valence-corrected chi connectivity index (χ2v) is 6.80. The Morgan fingerprint density at radius 2 is 1.69 bits per heavy atom. The van der Waals surface area contributed by atoms with E-state index in [0.29, 0.717) is 6.42 Å². The molecule has 0 fully saturated rings. The van der Waals surface area contributed by atoms with Gasteiger partial charge in [-0.1, -0.05) is 54.6 Å². The maximum Gasteiger partial charge on any atom is 0.250 e. The molecule has 0 aliphatic rings. The zero-order valence-electron chi connectivity index (χ0n) is 15.9. The normalized spacial score (nSPS) is 10.7. The summed E-state index contributed by atoms with van der Waals surface area (Å²) in [5, 5.41) is 10.6. The molecule has 5 nitrogen and oxygen atoms in total. The predicted octanol–water partition coefficient (Wildman–Crippen LogP) is 3.65. The number of anilines is 1. The van der Waals surface area contributed by atoms with Crippen molar-refractivity contribution in [2.45, 2.75) is 6.42 Å². The fraction of sp³-hybridized carbons (Fsp3) is 0.0870. The van der Waals surface area contributed by atoms with Crippen molar-refractivity contribution in [3.63, 3.8) is 0 Å². The van der Waals surface area contributed by atoms with Crippen LogP contribution in [0, 0.1) is 0 Å². The first-order valence-electron chi connectivity index (χ1n) is 9.12. The lowest BCUT2D eigenvalue weighted by molar-refractivity contribution is -0.120.